The molecule has 1 aromatic carbocycles. The second kappa shape index (κ2) is 5.70. The summed E-state index contributed by atoms with van der Waals surface area (Å²) in [5, 5.41) is 8.92. The van der Waals surface area contributed by atoms with Crippen molar-refractivity contribution < 1.29 is 27.1 Å². The predicted molar refractivity (Wildman–Crippen MR) is 76.1 cm³/mol. The highest BCUT2D eigenvalue weighted by Crippen LogP contribution is 2.29. The van der Waals surface area contributed by atoms with Crippen molar-refractivity contribution in [3.8, 4) is 0 Å². The van der Waals surface area contributed by atoms with Crippen LogP contribution in [0.2, 0.25) is 0 Å². The van der Waals surface area contributed by atoms with Gasteiger partial charge in [-0.05, 0) is 34.1 Å². The van der Waals surface area contributed by atoms with Gasteiger partial charge in [0.25, 0.3) is 10.0 Å². The van der Waals surface area contributed by atoms with Crippen molar-refractivity contribution in [3.05, 3.63) is 45.2 Å². The molecular weight excluding hydrogens is 392 g/mol. The molecule has 2 rings (SSSR count). The number of anilines is 1. The fraction of sp³-hybridized carbons (Fsp3) is 0. The van der Waals surface area contributed by atoms with Gasteiger partial charge in [-0.15, -0.1) is 11.3 Å². The van der Waals surface area contributed by atoms with Crippen molar-refractivity contribution >= 4 is 48.9 Å². The van der Waals surface area contributed by atoms with E-state index in [0.717, 1.165) is 11.3 Å². The predicted octanol–water partition coefficient (Wildman–Crippen LogP) is 3.29. The first-order valence-corrected chi connectivity index (χ1v) is 8.30. The van der Waals surface area contributed by atoms with Crippen LogP contribution in [0.4, 0.5) is 14.5 Å². The third-order valence-electron chi connectivity index (χ3n) is 2.35. The molecule has 0 aliphatic rings. The van der Waals surface area contributed by atoms with Crippen LogP contribution in [0, 0.1) is 11.6 Å². The third kappa shape index (κ3) is 3.39. The highest BCUT2D eigenvalue weighted by Gasteiger charge is 2.22. The van der Waals surface area contributed by atoms with Gasteiger partial charge in [-0.3, -0.25) is 4.72 Å². The quantitative estimate of drug-likeness (QED) is 0.828. The number of halogens is 3. The molecule has 5 nitrogen and oxygen atoms in total. The molecular formula is C11H6BrF2NO4S2. The van der Waals surface area contributed by atoms with Gasteiger partial charge in [-0.1, -0.05) is 0 Å². The molecule has 0 fully saturated rings. The van der Waals surface area contributed by atoms with E-state index in [4.69, 9.17) is 5.11 Å². The minimum absolute atomic E-state index is 0.101. The number of carboxylic acids is 1. The van der Waals surface area contributed by atoms with Crippen LogP contribution < -0.4 is 4.72 Å². The van der Waals surface area contributed by atoms with Crippen LogP contribution in [0.25, 0.3) is 0 Å². The standard InChI is InChI=1S/C11H6BrF2NO4S2/c12-9-1-2-10(20-9)21(18,19)15-8-4-7(14)6(13)3-5(8)11(16)17/h1-4,15H,(H,16,17). The molecule has 0 atom stereocenters. The van der Waals surface area contributed by atoms with E-state index in [9.17, 15) is 22.0 Å². The number of sulfonamides is 1. The summed E-state index contributed by atoms with van der Waals surface area (Å²) in [6.07, 6.45) is 0. The molecule has 0 aliphatic heterocycles. The number of rotatable bonds is 4. The van der Waals surface area contributed by atoms with Crippen LogP contribution in [0.5, 0.6) is 0 Å². The largest absolute Gasteiger partial charge is 0.478 e. The molecule has 10 heteroatoms. The van der Waals surface area contributed by atoms with Crippen molar-refractivity contribution in [2.75, 3.05) is 4.72 Å². The van der Waals surface area contributed by atoms with E-state index in [2.05, 4.69) is 15.9 Å². The maximum atomic E-state index is 13.2. The van der Waals surface area contributed by atoms with E-state index in [1.807, 2.05) is 4.72 Å². The van der Waals surface area contributed by atoms with Crippen molar-refractivity contribution in [3.63, 3.8) is 0 Å². The molecule has 0 saturated carbocycles. The SMILES string of the molecule is O=C(O)c1cc(F)c(F)cc1NS(=O)(=O)c1ccc(Br)s1. The molecule has 0 aliphatic carbocycles. The van der Waals surface area contributed by atoms with Crippen LogP contribution in [-0.4, -0.2) is 19.5 Å². The lowest BCUT2D eigenvalue weighted by molar-refractivity contribution is 0.0697. The summed E-state index contributed by atoms with van der Waals surface area (Å²) >= 11 is 3.98. The van der Waals surface area contributed by atoms with Crippen LogP contribution in [0.1, 0.15) is 10.4 Å². The molecule has 0 spiro atoms. The Hall–Kier alpha value is -1.52. The molecule has 0 radical (unpaired) electrons. The Labute approximate surface area is 130 Å². The fourth-order valence-electron chi connectivity index (χ4n) is 1.45. The third-order valence-corrected chi connectivity index (χ3v) is 5.83. The zero-order chi connectivity index (χ0) is 15.8. The van der Waals surface area contributed by atoms with Gasteiger partial charge in [0.2, 0.25) is 0 Å². The Morgan fingerprint density at radius 2 is 1.86 bits per heavy atom. The first-order valence-electron chi connectivity index (χ1n) is 5.21. The average Bonchev–Trinajstić information content (AvgIpc) is 2.80. The Kier molecular flexibility index (Phi) is 4.30. The fourth-order valence-corrected chi connectivity index (χ4v) is 4.53. The van der Waals surface area contributed by atoms with E-state index >= 15 is 0 Å². The van der Waals surface area contributed by atoms with Crippen LogP contribution in [0.3, 0.4) is 0 Å². The molecule has 1 heterocycles. The van der Waals surface area contributed by atoms with E-state index in [1.54, 1.807) is 0 Å². The van der Waals surface area contributed by atoms with Gasteiger partial charge in [0.05, 0.1) is 15.0 Å². The van der Waals surface area contributed by atoms with Gasteiger partial charge >= 0.3 is 5.97 Å². The first kappa shape index (κ1) is 15.9. The lowest BCUT2D eigenvalue weighted by atomic mass is 10.2. The highest BCUT2D eigenvalue weighted by molar-refractivity contribution is 9.11. The second-order valence-electron chi connectivity index (χ2n) is 3.78. The number of thiophene rings is 1. The number of carboxylic acid groups (broad SMARTS) is 1. The van der Waals surface area contributed by atoms with Gasteiger partial charge in [0, 0.05) is 6.07 Å². The van der Waals surface area contributed by atoms with Crippen molar-refractivity contribution in [1.29, 1.82) is 0 Å². The van der Waals surface area contributed by atoms with Crippen molar-refractivity contribution in [2.24, 2.45) is 0 Å². The number of hydrogen-bond acceptors (Lipinski definition) is 4. The summed E-state index contributed by atoms with van der Waals surface area (Å²) in [5.41, 5.74) is -1.24. The monoisotopic (exact) mass is 397 g/mol. The average molecular weight is 398 g/mol. The van der Waals surface area contributed by atoms with Gasteiger partial charge in [-0.25, -0.2) is 22.0 Å². The lowest BCUT2D eigenvalue weighted by Crippen LogP contribution is -2.15. The first-order chi connectivity index (χ1) is 9.70. The Bertz CT molecular complexity index is 820. The van der Waals surface area contributed by atoms with Gasteiger partial charge < -0.3 is 5.11 Å². The zero-order valence-electron chi connectivity index (χ0n) is 9.93. The summed E-state index contributed by atoms with van der Waals surface area (Å²) in [6.45, 7) is 0. The normalized spacial score (nSPS) is 11.4. The van der Waals surface area contributed by atoms with E-state index in [1.165, 1.54) is 12.1 Å². The van der Waals surface area contributed by atoms with E-state index in [0.29, 0.717) is 15.9 Å². The molecule has 0 bridgehead atoms. The lowest BCUT2D eigenvalue weighted by Gasteiger charge is -2.10. The molecule has 0 unspecified atom stereocenters. The summed E-state index contributed by atoms with van der Waals surface area (Å²) in [6, 6.07) is 3.68. The van der Waals surface area contributed by atoms with Crippen LogP contribution in [0.15, 0.2) is 32.3 Å². The van der Waals surface area contributed by atoms with Gasteiger partial charge in [0.15, 0.2) is 11.6 Å². The smallest absolute Gasteiger partial charge is 0.337 e. The van der Waals surface area contributed by atoms with Crippen molar-refractivity contribution in [1.82, 2.24) is 0 Å². The summed E-state index contributed by atoms with van der Waals surface area (Å²) in [5.74, 6) is -4.32. The van der Waals surface area contributed by atoms with Gasteiger partial charge in [0.1, 0.15) is 4.21 Å². The molecule has 2 N–H and O–H groups in total. The topological polar surface area (TPSA) is 83.5 Å². The number of aromatic carboxylic acids is 1. The molecule has 2 aromatic rings. The van der Waals surface area contributed by atoms with Crippen LogP contribution in [-0.2, 0) is 10.0 Å². The Morgan fingerprint density at radius 3 is 2.38 bits per heavy atom. The number of carbonyl (C=O) groups is 1. The minimum Gasteiger partial charge on any atom is -0.478 e. The molecule has 1 aromatic heterocycles. The number of hydrogen-bond donors (Lipinski definition) is 2. The van der Waals surface area contributed by atoms with E-state index in [-0.39, 0.29) is 4.21 Å². The molecule has 0 saturated heterocycles. The number of nitrogens with one attached hydrogen (secondary N) is 1. The van der Waals surface area contributed by atoms with E-state index < -0.39 is 38.9 Å². The van der Waals surface area contributed by atoms with Crippen molar-refractivity contribution in [2.45, 2.75) is 4.21 Å². The Balaban J connectivity index is 2.48. The maximum absolute atomic E-state index is 13.2. The highest BCUT2D eigenvalue weighted by atomic mass is 79.9. The Morgan fingerprint density at radius 1 is 1.24 bits per heavy atom. The second-order valence-corrected chi connectivity index (χ2v) is 8.15. The molecule has 21 heavy (non-hydrogen) atoms. The summed E-state index contributed by atoms with van der Waals surface area (Å²) in [4.78, 5) is 11.0. The summed E-state index contributed by atoms with van der Waals surface area (Å²) < 4.78 is 52.8. The number of benzene rings is 1. The molecule has 112 valence electrons. The minimum atomic E-state index is -4.09. The summed E-state index contributed by atoms with van der Waals surface area (Å²) in [7, 11) is -4.09. The molecule has 0 amide bonds. The maximum Gasteiger partial charge on any atom is 0.337 e. The zero-order valence-corrected chi connectivity index (χ0v) is 13.2. The van der Waals surface area contributed by atoms with Gasteiger partial charge in [-0.2, -0.15) is 0 Å². The van der Waals surface area contributed by atoms with Crippen LogP contribution >= 0.6 is 27.3 Å².